The molecule has 0 unspecified atom stereocenters. The molecule has 0 fully saturated rings. The van der Waals surface area contributed by atoms with E-state index in [1.807, 2.05) is 0 Å². The predicted molar refractivity (Wildman–Crippen MR) is 55.1 cm³/mol. The highest BCUT2D eigenvalue weighted by Gasteiger charge is 2.06. The Balaban J connectivity index is 2.39. The summed E-state index contributed by atoms with van der Waals surface area (Å²) >= 11 is 0. The van der Waals surface area contributed by atoms with Crippen molar-refractivity contribution in [1.29, 1.82) is 0 Å². The van der Waals surface area contributed by atoms with Crippen molar-refractivity contribution >= 4 is 23.2 Å². The fraction of sp³-hybridized carbons (Fsp3) is 0.125. The summed E-state index contributed by atoms with van der Waals surface area (Å²) in [6, 6.07) is 0. The smallest absolute Gasteiger partial charge is 0.236 e. The molecule has 2 rings (SSSR count). The molecule has 2 aromatic rings. The maximum Gasteiger partial charge on any atom is 0.236 e. The van der Waals surface area contributed by atoms with Gasteiger partial charge >= 0.3 is 0 Å². The van der Waals surface area contributed by atoms with E-state index < -0.39 is 5.91 Å². The maximum atomic E-state index is 10.6. The van der Waals surface area contributed by atoms with Crippen molar-refractivity contribution in [1.82, 2.24) is 14.4 Å². The Bertz CT molecular complexity index is 505. The lowest BCUT2D eigenvalue weighted by molar-refractivity contribution is -0.116. The number of hydrogen-bond acceptors (Lipinski definition) is 5. The van der Waals surface area contributed by atoms with Gasteiger partial charge < -0.3 is 21.2 Å². The molecule has 1 amide bonds. The first kappa shape index (κ1) is 9.25. The first-order valence-corrected chi connectivity index (χ1v) is 4.28. The maximum absolute atomic E-state index is 10.6. The van der Waals surface area contributed by atoms with Crippen LogP contribution in [-0.2, 0) is 4.79 Å². The van der Waals surface area contributed by atoms with Gasteiger partial charge in [0, 0.05) is 12.4 Å². The highest BCUT2D eigenvalue weighted by molar-refractivity contribution is 5.80. The van der Waals surface area contributed by atoms with Gasteiger partial charge in [-0.25, -0.2) is 9.97 Å². The van der Waals surface area contributed by atoms with Gasteiger partial charge in [0.2, 0.25) is 5.91 Å². The number of anilines is 2. The number of nitrogens with zero attached hydrogens (tertiary/aromatic N) is 3. The molecule has 0 aliphatic carbocycles. The van der Waals surface area contributed by atoms with Gasteiger partial charge in [0.25, 0.3) is 0 Å². The molecular weight excluding hydrogens is 196 g/mol. The number of carbonyl (C=O) groups is 1. The molecule has 0 atom stereocenters. The number of carbonyl (C=O) groups excluding carboxylic acids is 1. The predicted octanol–water partition coefficient (Wildman–Crippen LogP) is -0.791. The molecular formula is C8H10N6O. The summed E-state index contributed by atoms with van der Waals surface area (Å²) in [5.41, 5.74) is 11.2. The minimum atomic E-state index is -0.469. The number of hydrogen-bond donors (Lipinski definition) is 3. The lowest BCUT2D eigenvalue weighted by Crippen LogP contribution is -2.22. The third-order valence-corrected chi connectivity index (χ3v) is 1.82. The molecule has 7 nitrogen and oxygen atoms in total. The van der Waals surface area contributed by atoms with Gasteiger partial charge in [0.15, 0.2) is 11.5 Å². The zero-order valence-corrected chi connectivity index (χ0v) is 7.84. The van der Waals surface area contributed by atoms with E-state index in [0.29, 0.717) is 17.3 Å². The number of primary amides is 1. The zero-order chi connectivity index (χ0) is 10.8. The van der Waals surface area contributed by atoms with Gasteiger partial charge in [-0.3, -0.25) is 4.79 Å². The molecule has 78 valence electrons. The molecule has 0 spiro atoms. The molecule has 0 aliphatic heterocycles. The standard InChI is InChI=1S/C8H10N6O/c9-5-4-14-2-1-11-8(14)7(13-5)12-3-6(10)15/h1-2,4H,3,9H2,(H2,10,15)(H,12,13). The first-order chi connectivity index (χ1) is 7.16. The van der Waals surface area contributed by atoms with Gasteiger partial charge in [0.1, 0.15) is 5.82 Å². The van der Waals surface area contributed by atoms with Crippen LogP contribution in [0, 0.1) is 0 Å². The molecule has 5 N–H and O–H groups in total. The van der Waals surface area contributed by atoms with Crippen LogP contribution in [0.4, 0.5) is 11.6 Å². The summed E-state index contributed by atoms with van der Waals surface area (Å²) in [5, 5.41) is 2.77. The van der Waals surface area contributed by atoms with Crippen LogP contribution in [0.3, 0.4) is 0 Å². The average Bonchev–Trinajstić information content (AvgIpc) is 2.61. The summed E-state index contributed by atoms with van der Waals surface area (Å²) in [7, 11) is 0. The van der Waals surface area contributed by atoms with Gasteiger partial charge in [-0.05, 0) is 0 Å². The Hall–Kier alpha value is -2.31. The number of aromatic nitrogens is 3. The molecule has 2 heterocycles. The number of nitrogens with two attached hydrogens (primary N) is 2. The normalized spacial score (nSPS) is 10.4. The Morgan fingerprint density at radius 2 is 2.40 bits per heavy atom. The van der Waals surface area contributed by atoms with Crippen LogP contribution in [0.2, 0.25) is 0 Å². The van der Waals surface area contributed by atoms with Crippen LogP contribution < -0.4 is 16.8 Å². The van der Waals surface area contributed by atoms with Crippen LogP contribution in [-0.4, -0.2) is 26.8 Å². The van der Waals surface area contributed by atoms with E-state index in [0.717, 1.165) is 0 Å². The molecule has 0 radical (unpaired) electrons. The Morgan fingerprint density at radius 1 is 1.60 bits per heavy atom. The summed E-state index contributed by atoms with van der Waals surface area (Å²) in [5.74, 6) is 0.315. The lowest BCUT2D eigenvalue weighted by atomic mass is 10.5. The van der Waals surface area contributed by atoms with Crippen LogP contribution >= 0.6 is 0 Å². The summed E-state index contributed by atoms with van der Waals surface area (Å²) < 4.78 is 1.71. The molecule has 0 saturated carbocycles. The first-order valence-electron chi connectivity index (χ1n) is 4.28. The van der Waals surface area contributed by atoms with Crippen molar-refractivity contribution < 1.29 is 4.79 Å². The lowest BCUT2D eigenvalue weighted by Gasteiger charge is -2.05. The van der Waals surface area contributed by atoms with Crippen LogP contribution in [0.25, 0.3) is 5.65 Å². The van der Waals surface area contributed by atoms with Crippen LogP contribution in [0.1, 0.15) is 0 Å². The Labute approximate surface area is 85.1 Å². The van der Waals surface area contributed by atoms with Crippen molar-refractivity contribution in [2.75, 3.05) is 17.6 Å². The number of nitrogen functional groups attached to an aromatic ring is 1. The second-order valence-electron chi connectivity index (χ2n) is 2.99. The minimum absolute atomic E-state index is 0.00102. The highest BCUT2D eigenvalue weighted by atomic mass is 16.1. The average molecular weight is 206 g/mol. The Morgan fingerprint density at radius 3 is 3.13 bits per heavy atom. The number of fused-ring (bicyclic) bond motifs is 1. The van der Waals surface area contributed by atoms with E-state index in [1.165, 1.54) is 0 Å². The van der Waals surface area contributed by atoms with E-state index in [-0.39, 0.29) is 6.54 Å². The van der Waals surface area contributed by atoms with Gasteiger partial charge in [-0.2, -0.15) is 0 Å². The number of amides is 1. The monoisotopic (exact) mass is 206 g/mol. The highest BCUT2D eigenvalue weighted by Crippen LogP contribution is 2.13. The van der Waals surface area contributed by atoms with Crippen molar-refractivity contribution in [3.05, 3.63) is 18.6 Å². The largest absolute Gasteiger partial charge is 0.382 e. The van der Waals surface area contributed by atoms with Crippen molar-refractivity contribution in [2.24, 2.45) is 5.73 Å². The molecule has 0 bridgehead atoms. The van der Waals surface area contributed by atoms with E-state index in [2.05, 4.69) is 15.3 Å². The van der Waals surface area contributed by atoms with Crippen LogP contribution in [0.15, 0.2) is 18.6 Å². The molecule has 7 heteroatoms. The van der Waals surface area contributed by atoms with Crippen molar-refractivity contribution in [3.8, 4) is 0 Å². The van der Waals surface area contributed by atoms with Crippen molar-refractivity contribution in [2.45, 2.75) is 0 Å². The van der Waals surface area contributed by atoms with E-state index in [1.54, 1.807) is 23.0 Å². The number of rotatable bonds is 3. The molecule has 15 heavy (non-hydrogen) atoms. The third-order valence-electron chi connectivity index (χ3n) is 1.82. The van der Waals surface area contributed by atoms with E-state index >= 15 is 0 Å². The molecule has 2 aromatic heterocycles. The fourth-order valence-electron chi connectivity index (χ4n) is 1.24. The second-order valence-corrected chi connectivity index (χ2v) is 2.99. The molecule has 0 aliphatic rings. The second kappa shape index (κ2) is 3.45. The van der Waals surface area contributed by atoms with Gasteiger partial charge in [-0.15, -0.1) is 0 Å². The molecule has 0 aromatic carbocycles. The van der Waals surface area contributed by atoms with E-state index in [9.17, 15) is 4.79 Å². The van der Waals surface area contributed by atoms with Crippen molar-refractivity contribution in [3.63, 3.8) is 0 Å². The topological polar surface area (TPSA) is 111 Å². The minimum Gasteiger partial charge on any atom is -0.382 e. The summed E-state index contributed by atoms with van der Waals surface area (Å²) in [4.78, 5) is 18.7. The SMILES string of the molecule is NC(=O)CNc1nc(N)cn2ccnc12. The van der Waals surface area contributed by atoms with Gasteiger partial charge in [-0.1, -0.05) is 0 Å². The summed E-state index contributed by atoms with van der Waals surface area (Å²) in [6.45, 7) is -0.00102. The number of imidazole rings is 1. The quantitative estimate of drug-likeness (QED) is 0.609. The summed E-state index contributed by atoms with van der Waals surface area (Å²) in [6.07, 6.45) is 4.99. The number of nitrogens with one attached hydrogen (secondary N) is 1. The van der Waals surface area contributed by atoms with Gasteiger partial charge in [0.05, 0.1) is 12.7 Å². The van der Waals surface area contributed by atoms with Crippen LogP contribution in [0.5, 0.6) is 0 Å². The Kier molecular flexibility index (Phi) is 2.13. The zero-order valence-electron chi connectivity index (χ0n) is 7.84. The molecule has 0 saturated heterocycles. The third kappa shape index (κ3) is 1.80. The fourth-order valence-corrected chi connectivity index (χ4v) is 1.24. The van der Waals surface area contributed by atoms with E-state index in [4.69, 9.17) is 11.5 Å².